The van der Waals surface area contributed by atoms with E-state index in [4.69, 9.17) is 0 Å². The molecule has 0 aromatic heterocycles. The molecule has 0 bridgehead atoms. The number of likely N-dealkylation sites (N-methyl/N-ethyl adjacent to an activating group) is 1. The quantitative estimate of drug-likeness (QED) is 0.0906. The predicted octanol–water partition coefficient (Wildman–Crippen LogP) is 1.50. The summed E-state index contributed by atoms with van der Waals surface area (Å²) in [5, 5.41) is 2.74. The summed E-state index contributed by atoms with van der Waals surface area (Å²) >= 11 is 0. The number of nitrogens with one attached hydrogen (secondary N) is 1. The molecular weight excluding hydrogens is 762 g/mol. The number of allylic oxidation sites excluding steroid dienone is 4. The minimum atomic E-state index is -4.68. The van der Waals surface area contributed by atoms with E-state index in [2.05, 4.69) is 14.8 Å². The topological polar surface area (TPSA) is 184 Å². The van der Waals surface area contributed by atoms with E-state index in [0.29, 0.717) is 37.9 Å². The molecule has 2 aliphatic rings. The minimum absolute atomic E-state index is 0. The largest absolute Gasteiger partial charge is 1.00 e. The van der Waals surface area contributed by atoms with E-state index < -0.39 is 39.9 Å². The van der Waals surface area contributed by atoms with Crippen LogP contribution in [-0.2, 0) is 44.7 Å². The van der Waals surface area contributed by atoms with Crippen molar-refractivity contribution in [1.29, 1.82) is 0 Å². The van der Waals surface area contributed by atoms with Crippen molar-refractivity contribution in [2.24, 2.45) is 0 Å². The number of amides is 1. The van der Waals surface area contributed by atoms with Crippen LogP contribution in [0.15, 0.2) is 70.1 Å². The first-order chi connectivity index (χ1) is 23.1. The van der Waals surface area contributed by atoms with E-state index in [1.54, 1.807) is 12.1 Å². The summed E-state index contributed by atoms with van der Waals surface area (Å²) in [7, 11) is -11.7. The zero-order valence-electron chi connectivity index (χ0n) is 30.1. The standard InChI is InChI=1S/C34H45N3O9S4.K/c1-7-36-28-17-15-24(49(41,42)43)22-26(28)33(2,3)30(36)12-11-13-31-34(4,5)27-23-25(50(44,45)46)16-18-29(27)37(31)20-10-8-9-14-32(38)35-19-21-47-48(6,39)40;/h11-13,15-18,22-23H,7-10,14,19-21H2,1-6H3,(H2-,35,38,41,42,43,44,45,46);/q;+1/p-1. The molecule has 0 aliphatic carbocycles. The Bertz CT molecular complexity index is 2090. The van der Waals surface area contributed by atoms with Crippen LogP contribution in [0, 0.1) is 0 Å². The third kappa shape index (κ3) is 10.4. The van der Waals surface area contributed by atoms with E-state index in [1.165, 1.54) is 24.3 Å². The fourth-order valence-corrected chi connectivity index (χ4v) is 9.28. The van der Waals surface area contributed by atoms with Gasteiger partial charge in [0.1, 0.15) is 26.8 Å². The van der Waals surface area contributed by atoms with Gasteiger partial charge in [0.05, 0.1) is 15.2 Å². The van der Waals surface area contributed by atoms with Crippen molar-refractivity contribution in [3.05, 3.63) is 71.5 Å². The molecule has 0 spiro atoms. The van der Waals surface area contributed by atoms with Crippen molar-refractivity contribution in [2.75, 3.05) is 36.5 Å². The molecule has 0 saturated heterocycles. The molecule has 0 radical (unpaired) electrons. The molecule has 12 nitrogen and oxygen atoms in total. The van der Waals surface area contributed by atoms with Crippen molar-refractivity contribution in [3.63, 3.8) is 0 Å². The molecule has 1 N–H and O–H groups in total. The molecule has 2 aromatic rings. The molecule has 274 valence electrons. The van der Waals surface area contributed by atoms with Crippen LogP contribution in [0.5, 0.6) is 0 Å². The van der Waals surface area contributed by atoms with Gasteiger partial charge in [0.25, 0.3) is 0 Å². The number of nitrogens with zero attached hydrogens (tertiary/aromatic N) is 2. The normalized spacial score (nSPS) is 17.5. The van der Waals surface area contributed by atoms with Crippen LogP contribution in [0.2, 0.25) is 0 Å². The van der Waals surface area contributed by atoms with Crippen LogP contribution in [0.25, 0.3) is 0 Å². The van der Waals surface area contributed by atoms with Crippen molar-refractivity contribution < 1.29 is 95.1 Å². The van der Waals surface area contributed by atoms with Crippen molar-refractivity contribution in [3.8, 4) is 0 Å². The third-order valence-corrected chi connectivity index (χ3v) is 13.4. The maximum absolute atomic E-state index is 12.2. The smallest absolute Gasteiger partial charge is 0.744 e. The average Bonchev–Trinajstić information content (AvgIpc) is 3.35. The monoisotopic (exact) mass is 805 g/mol. The number of benzene rings is 2. The Labute approximate surface area is 348 Å². The van der Waals surface area contributed by atoms with Gasteiger partial charge in [-0.1, -0.05) is 19.9 Å². The van der Waals surface area contributed by atoms with Crippen LogP contribution in [0.4, 0.5) is 11.4 Å². The van der Waals surface area contributed by atoms with E-state index >= 15 is 0 Å². The predicted molar refractivity (Wildman–Crippen MR) is 194 cm³/mol. The van der Waals surface area contributed by atoms with Crippen LogP contribution >= 0.6 is 10.8 Å². The maximum atomic E-state index is 12.2. The van der Waals surface area contributed by atoms with Crippen molar-refractivity contribution >= 4 is 62.9 Å². The van der Waals surface area contributed by atoms with Crippen LogP contribution in [0.1, 0.15) is 71.4 Å². The third-order valence-electron chi connectivity index (χ3n) is 9.14. The molecule has 0 saturated carbocycles. The fourth-order valence-electron chi connectivity index (χ4n) is 6.64. The molecule has 17 heteroatoms. The molecular formula is C34H44KN3O9S4. The Morgan fingerprint density at radius 2 is 1.51 bits per heavy atom. The average molecular weight is 806 g/mol. The second kappa shape index (κ2) is 17.0. The van der Waals surface area contributed by atoms with Gasteiger partial charge >= 0.3 is 51.4 Å². The molecule has 1 amide bonds. The molecule has 2 aliphatic heterocycles. The molecule has 2 aromatic carbocycles. The van der Waals surface area contributed by atoms with Crippen LogP contribution < -0.4 is 61.6 Å². The van der Waals surface area contributed by atoms with Gasteiger partial charge in [0, 0.05) is 72.4 Å². The number of rotatable bonds is 15. The summed E-state index contributed by atoms with van der Waals surface area (Å²) in [6.07, 6.45) is 9.31. The summed E-state index contributed by atoms with van der Waals surface area (Å²) in [5.41, 5.74) is 3.51. The first kappa shape index (κ1) is 44.0. The Morgan fingerprint density at radius 3 is 2.10 bits per heavy atom. The van der Waals surface area contributed by atoms with Gasteiger partial charge in [-0.3, -0.25) is 4.79 Å². The molecule has 51 heavy (non-hydrogen) atoms. The number of carbonyl (C=O) groups is 1. The number of hydrogen-bond donors (Lipinski definition) is 1. The number of unbranched alkanes of at least 4 members (excludes halogenated alkanes) is 2. The summed E-state index contributed by atoms with van der Waals surface area (Å²) in [6, 6.07) is 8.84. The molecule has 2 heterocycles. The molecule has 0 unspecified atom stereocenters. The Hall–Kier alpha value is -1.38. The summed E-state index contributed by atoms with van der Waals surface area (Å²) in [5.74, 6) is 0.130. The minimum Gasteiger partial charge on any atom is -0.744 e. The second-order valence-corrected chi connectivity index (χ2v) is 20.7. The summed E-state index contributed by atoms with van der Waals surface area (Å²) in [6.45, 7) is 11.3. The zero-order valence-corrected chi connectivity index (χ0v) is 36.4. The Balaban J connectivity index is 0.00000702. The Kier molecular flexibility index (Phi) is 14.6. The SMILES string of the molecule is CCN1C(=CC=CC2=[N+](CCCCCC(=O)NCCSS(C)(=O)=O)c3ccc(S(=O)(=O)[O-])cc3C2(C)C)C(C)(C)c2cc(S(=O)(=O)[O-])ccc21.[K+]. The van der Waals surface area contributed by atoms with E-state index in [9.17, 15) is 39.2 Å². The number of fused-ring (bicyclic) bond motifs is 2. The van der Waals surface area contributed by atoms with Gasteiger partial charge in [-0.15, -0.1) is 0 Å². The fraction of sp³-hybridized carbons (Fsp3) is 0.471. The van der Waals surface area contributed by atoms with E-state index in [1.807, 2.05) is 52.8 Å². The van der Waals surface area contributed by atoms with Gasteiger partial charge in [0.15, 0.2) is 14.6 Å². The van der Waals surface area contributed by atoms with Crippen LogP contribution in [0.3, 0.4) is 0 Å². The van der Waals surface area contributed by atoms with E-state index in [-0.39, 0.29) is 79.4 Å². The first-order valence-electron chi connectivity index (χ1n) is 16.2. The summed E-state index contributed by atoms with van der Waals surface area (Å²) in [4.78, 5) is 13.7. The summed E-state index contributed by atoms with van der Waals surface area (Å²) < 4.78 is 95.7. The van der Waals surface area contributed by atoms with Gasteiger partial charge < -0.3 is 19.3 Å². The van der Waals surface area contributed by atoms with Crippen molar-refractivity contribution in [1.82, 2.24) is 5.32 Å². The number of anilines is 1. The van der Waals surface area contributed by atoms with Gasteiger partial charge in [0.2, 0.25) is 11.6 Å². The van der Waals surface area contributed by atoms with Crippen molar-refractivity contribution in [2.45, 2.75) is 80.9 Å². The van der Waals surface area contributed by atoms with Gasteiger partial charge in [-0.25, -0.2) is 25.3 Å². The van der Waals surface area contributed by atoms with Crippen LogP contribution in [-0.4, -0.2) is 82.2 Å². The second-order valence-electron chi connectivity index (χ2n) is 13.4. The van der Waals surface area contributed by atoms with E-state index in [0.717, 1.165) is 51.8 Å². The van der Waals surface area contributed by atoms with Gasteiger partial charge in [-0.2, -0.15) is 4.58 Å². The Morgan fingerprint density at radius 1 is 0.902 bits per heavy atom. The number of carbonyl (C=O) groups excluding carboxylic acids is 1. The first-order valence-corrected chi connectivity index (χ1v) is 22.4. The molecule has 0 atom stereocenters. The number of hydrogen-bond acceptors (Lipinski definition) is 11. The zero-order chi connectivity index (χ0) is 37.3. The van der Waals surface area contributed by atoms with Gasteiger partial charge in [-0.05, 0) is 86.4 Å². The molecule has 0 fully saturated rings. The maximum Gasteiger partial charge on any atom is 1.00 e. The molecule has 4 rings (SSSR count).